The number of benzene rings is 1. The van der Waals surface area contributed by atoms with Crippen LogP contribution in [0.2, 0.25) is 0 Å². The molecule has 4 heterocycles. The van der Waals surface area contributed by atoms with Gasteiger partial charge in [-0.25, -0.2) is 8.42 Å². The van der Waals surface area contributed by atoms with E-state index in [0.717, 1.165) is 25.8 Å². The molecule has 1 atom stereocenters. The molecule has 0 N–H and O–H groups in total. The highest BCUT2D eigenvalue weighted by Gasteiger charge is 2.37. The second-order valence-corrected chi connectivity index (χ2v) is 11.8. The number of nitrogens with zero attached hydrogens (tertiary/aromatic N) is 2. The summed E-state index contributed by atoms with van der Waals surface area (Å²) in [7, 11) is -3.66. The number of carbonyl (C=O) groups excluding carboxylic acids is 1. The van der Waals surface area contributed by atoms with Crippen molar-refractivity contribution in [3.8, 4) is 11.5 Å². The summed E-state index contributed by atoms with van der Waals surface area (Å²) in [6, 6.07) is 7.10. The molecule has 1 amide bonds. The first-order valence-electron chi connectivity index (χ1n) is 11.8. The molecule has 9 heteroatoms. The van der Waals surface area contributed by atoms with Gasteiger partial charge in [-0.05, 0) is 54.8 Å². The predicted molar refractivity (Wildman–Crippen MR) is 126 cm³/mol. The van der Waals surface area contributed by atoms with Gasteiger partial charge < -0.3 is 14.4 Å². The van der Waals surface area contributed by atoms with E-state index in [1.54, 1.807) is 29.5 Å². The summed E-state index contributed by atoms with van der Waals surface area (Å²) < 4.78 is 39.3. The molecule has 3 aliphatic heterocycles. The molecule has 1 unspecified atom stereocenters. The maximum Gasteiger partial charge on any atom is 0.243 e. The first-order chi connectivity index (χ1) is 16.0. The standard InChI is InChI=1S/C24H30N2O5S2/c1-2-20-19-9-15-32-23(19)8-12-26(20)24(27)17-6-10-25(11-7-17)33(28,29)18-4-5-21-22(16-18)31-14-3-13-30-21/h4-5,9,15-17,20H,2-3,6-8,10-14H2,1H3. The van der Waals surface area contributed by atoms with Crippen LogP contribution in [0, 0.1) is 5.92 Å². The molecule has 2 aromatic rings. The Balaban J connectivity index is 1.26. The van der Waals surface area contributed by atoms with Gasteiger partial charge in [-0.2, -0.15) is 4.31 Å². The minimum absolute atomic E-state index is 0.130. The molecule has 178 valence electrons. The summed E-state index contributed by atoms with van der Waals surface area (Å²) in [5, 5.41) is 2.12. The molecule has 33 heavy (non-hydrogen) atoms. The third-order valence-electron chi connectivity index (χ3n) is 6.92. The van der Waals surface area contributed by atoms with E-state index >= 15 is 0 Å². The number of hydrogen-bond donors (Lipinski definition) is 0. The van der Waals surface area contributed by atoms with E-state index in [1.807, 2.05) is 4.90 Å². The third-order valence-corrected chi connectivity index (χ3v) is 9.82. The van der Waals surface area contributed by atoms with Crippen LogP contribution >= 0.6 is 11.3 Å². The average molecular weight is 491 g/mol. The molecule has 5 rings (SSSR count). The molecule has 7 nitrogen and oxygen atoms in total. The van der Waals surface area contributed by atoms with Crippen molar-refractivity contribution < 1.29 is 22.7 Å². The van der Waals surface area contributed by atoms with Crippen LogP contribution in [0.3, 0.4) is 0 Å². The predicted octanol–water partition coefficient (Wildman–Crippen LogP) is 3.85. The highest BCUT2D eigenvalue weighted by molar-refractivity contribution is 7.89. The van der Waals surface area contributed by atoms with E-state index in [1.165, 1.54) is 14.7 Å². The van der Waals surface area contributed by atoms with Gasteiger partial charge in [0.05, 0.1) is 24.2 Å². The fraction of sp³-hybridized carbons (Fsp3) is 0.542. The van der Waals surface area contributed by atoms with Crippen molar-refractivity contribution in [2.75, 3.05) is 32.8 Å². The Labute approximate surface area is 199 Å². The zero-order valence-corrected chi connectivity index (χ0v) is 20.5. The summed E-state index contributed by atoms with van der Waals surface area (Å²) in [6.45, 7) is 4.64. The quantitative estimate of drug-likeness (QED) is 0.651. The Hall–Kier alpha value is -2.10. The SMILES string of the molecule is CCC1c2ccsc2CCN1C(=O)C1CCN(S(=O)(=O)c2ccc3c(c2)OCCCO3)CC1. The van der Waals surface area contributed by atoms with Gasteiger partial charge in [0.2, 0.25) is 15.9 Å². The van der Waals surface area contributed by atoms with Gasteiger partial charge in [0.1, 0.15) is 0 Å². The fourth-order valence-electron chi connectivity index (χ4n) is 5.13. The Kier molecular flexibility index (Phi) is 6.37. The molecule has 1 saturated heterocycles. The summed E-state index contributed by atoms with van der Waals surface area (Å²) in [4.78, 5) is 17.0. The van der Waals surface area contributed by atoms with E-state index < -0.39 is 10.0 Å². The minimum atomic E-state index is -3.66. The van der Waals surface area contributed by atoms with Gasteiger partial charge in [-0.15, -0.1) is 11.3 Å². The minimum Gasteiger partial charge on any atom is -0.490 e. The van der Waals surface area contributed by atoms with Crippen LogP contribution in [0.25, 0.3) is 0 Å². The molecule has 0 spiro atoms. The summed E-state index contributed by atoms with van der Waals surface area (Å²) in [6.07, 6.45) is 3.67. The van der Waals surface area contributed by atoms with Gasteiger partial charge >= 0.3 is 0 Å². The lowest BCUT2D eigenvalue weighted by Gasteiger charge is -2.39. The molecule has 1 aromatic heterocycles. The van der Waals surface area contributed by atoms with E-state index in [0.29, 0.717) is 50.6 Å². The number of amides is 1. The summed E-state index contributed by atoms with van der Waals surface area (Å²) in [5.74, 6) is 1.10. The highest BCUT2D eigenvalue weighted by Crippen LogP contribution is 2.38. The van der Waals surface area contributed by atoms with Gasteiger partial charge in [-0.1, -0.05) is 6.92 Å². The first-order valence-corrected chi connectivity index (χ1v) is 14.1. The van der Waals surface area contributed by atoms with Crippen molar-refractivity contribution in [2.24, 2.45) is 5.92 Å². The Bertz CT molecular complexity index is 1120. The lowest BCUT2D eigenvalue weighted by Crippen LogP contribution is -2.47. The maximum atomic E-state index is 13.4. The topological polar surface area (TPSA) is 76.2 Å². The second kappa shape index (κ2) is 9.27. The largest absolute Gasteiger partial charge is 0.490 e. The molecule has 0 aliphatic carbocycles. The molecule has 0 radical (unpaired) electrons. The number of fused-ring (bicyclic) bond motifs is 2. The first kappa shape index (κ1) is 22.7. The highest BCUT2D eigenvalue weighted by atomic mass is 32.2. The van der Waals surface area contributed by atoms with Crippen molar-refractivity contribution in [2.45, 2.75) is 50.0 Å². The van der Waals surface area contributed by atoms with Gasteiger partial charge in [0.15, 0.2) is 11.5 Å². The number of hydrogen-bond acceptors (Lipinski definition) is 6. The van der Waals surface area contributed by atoms with E-state index in [2.05, 4.69) is 18.4 Å². The van der Waals surface area contributed by atoms with E-state index in [9.17, 15) is 13.2 Å². The average Bonchev–Trinajstić information content (AvgIpc) is 3.20. The van der Waals surface area contributed by atoms with Gasteiger partial charge in [-0.3, -0.25) is 4.79 Å². The Morgan fingerprint density at radius 2 is 1.85 bits per heavy atom. The molecular weight excluding hydrogens is 460 g/mol. The molecule has 1 aromatic carbocycles. The summed E-state index contributed by atoms with van der Waals surface area (Å²) in [5.41, 5.74) is 1.29. The smallest absolute Gasteiger partial charge is 0.243 e. The van der Waals surface area contributed by atoms with Crippen LogP contribution in [0.15, 0.2) is 34.5 Å². The normalized spacial score (nSPS) is 22.0. The van der Waals surface area contributed by atoms with Crippen LogP contribution in [-0.2, 0) is 21.2 Å². The number of thiophene rings is 1. The van der Waals surface area contributed by atoms with Crippen molar-refractivity contribution in [1.29, 1.82) is 0 Å². The number of sulfonamides is 1. The van der Waals surface area contributed by atoms with Crippen LogP contribution in [-0.4, -0.2) is 56.4 Å². The number of carbonyl (C=O) groups is 1. The van der Waals surface area contributed by atoms with E-state index in [4.69, 9.17) is 9.47 Å². The lowest BCUT2D eigenvalue weighted by molar-refractivity contribution is -0.139. The second-order valence-electron chi connectivity index (χ2n) is 8.84. The number of rotatable bonds is 4. The summed E-state index contributed by atoms with van der Waals surface area (Å²) >= 11 is 1.78. The molecule has 3 aliphatic rings. The third kappa shape index (κ3) is 4.26. The van der Waals surface area contributed by atoms with Crippen LogP contribution in [0.4, 0.5) is 0 Å². The van der Waals surface area contributed by atoms with Crippen molar-refractivity contribution in [3.05, 3.63) is 40.1 Å². The molecular formula is C24H30N2O5S2. The molecule has 0 bridgehead atoms. The van der Waals surface area contributed by atoms with Crippen molar-refractivity contribution in [3.63, 3.8) is 0 Å². The molecule has 0 saturated carbocycles. The van der Waals surface area contributed by atoms with Crippen molar-refractivity contribution in [1.82, 2.24) is 9.21 Å². The monoisotopic (exact) mass is 490 g/mol. The Morgan fingerprint density at radius 1 is 1.09 bits per heavy atom. The van der Waals surface area contributed by atoms with Crippen molar-refractivity contribution >= 4 is 27.3 Å². The maximum absolute atomic E-state index is 13.4. The Morgan fingerprint density at radius 3 is 2.61 bits per heavy atom. The number of ether oxygens (including phenoxy) is 2. The molecule has 1 fully saturated rings. The zero-order valence-electron chi connectivity index (χ0n) is 18.9. The van der Waals surface area contributed by atoms with Crippen LogP contribution < -0.4 is 9.47 Å². The number of piperidine rings is 1. The van der Waals surface area contributed by atoms with Gasteiger partial charge in [0.25, 0.3) is 0 Å². The zero-order chi connectivity index (χ0) is 23.0. The van der Waals surface area contributed by atoms with Crippen LogP contribution in [0.5, 0.6) is 11.5 Å². The van der Waals surface area contributed by atoms with Crippen LogP contribution in [0.1, 0.15) is 49.1 Å². The fourth-order valence-corrected chi connectivity index (χ4v) is 7.55. The van der Waals surface area contributed by atoms with E-state index in [-0.39, 0.29) is 22.8 Å². The van der Waals surface area contributed by atoms with Gasteiger partial charge in [0, 0.05) is 42.9 Å². The lowest BCUT2D eigenvalue weighted by atomic mass is 9.92.